The number of fused-ring (bicyclic) bond motifs is 2. The molecule has 1 fully saturated rings. The van der Waals surface area contributed by atoms with Gasteiger partial charge in [-0.3, -0.25) is 0 Å². The van der Waals surface area contributed by atoms with Crippen molar-refractivity contribution in [2.75, 3.05) is 26.3 Å². The van der Waals surface area contributed by atoms with Gasteiger partial charge in [0.15, 0.2) is 0 Å². The Hall–Kier alpha value is -1.22. The second-order valence-electron chi connectivity index (χ2n) is 5.14. The second-order valence-corrected chi connectivity index (χ2v) is 5.14. The van der Waals surface area contributed by atoms with Gasteiger partial charge in [0.2, 0.25) is 0 Å². The normalized spacial score (nSPS) is 25.3. The van der Waals surface area contributed by atoms with E-state index in [9.17, 15) is 0 Å². The molecule has 0 spiro atoms. The Balaban J connectivity index is 1.90. The molecule has 0 aromatic heterocycles. The Labute approximate surface area is 101 Å². The van der Waals surface area contributed by atoms with Crippen molar-refractivity contribution in [3.05, 3.63) is 22.8 Å². The van der Waals surface area contributed by atoms with Gasteiger partial charge in [0, 0.05) is 42.0 Å². The Bertz CT molecular complexity index is 432. The second kappa shape index (κ2) is 3.64. The quantitative estimate of drug-likeness (QED) is 0.797. The van der Waals surface area contributed by atoms with Crippen molar-refractivity contribution in [3.63, 3.8) is 0 Å². The SMILES string of the molecule is c1c2c(c(C3CCNC3)c3c1OCC3)OCC2. The zero-order valence-electron chi connectivity index (χ0n) is 9.92. The molecule has 0 radical (unpaired) electrons. The molecule has 1 aromatic carbocycles. The molecule has 1 saturated heterocycles. The first-order valence-electron chi connectivity index (χ1n) is 6.58. The van der Waals surface area contributed by atoms with Gasteiger partial charge < -0.3 is 14.8 Å². The van der Waals surface area contributed by atoms with Gasteiger partial charge in [0.05, 0.1) is 13.2 Å². The molecule has 3 heterocycles. The van der Waals surface area contributed by atoms with Crippen molar-refractivity contribution in [2.45, 2.75) is 25.2 Å². The Morgan fingerprint density at radius 2 is 2.12 bits per heavy atom. The van der Waals surface area contributed by atoms with Crippen LogP contribution in [0.5, 0.6) is 11.5 Å². The van der Waals surface area contributed by atoms with Crippen LogP contribution in [0, 0.1) is 0 Å². The molecule has 3 aliphatic heterocycles. The van der Waals surface area contributed by atoms with Crippen molar-refractivity contribution in [2.24, 2.45) is 0 Å². The maximum Gasteiger partial charge on any atom is 0.126 e. The fraction of sp³-hybridized carbons (Fsp3) is 0.571. The van der Waals surface area contributed by atoms with E-state index in [1.165, 1.54) is 28.9 Å². The third-order valence-electron chi connectivity index (χ3n) is 4.16. The third kappa shape index (κ3) is 1.38. The predicted octanol–water partition coefficient (Wildman–Crippen LogP) is 1.63. The molecule has 90 valence electrons. The maximum atomic E-state index is 5.88. The summed E-state index contributed by atoms with van der Waals surface area (Å²) in [4.78, 5) is 0. The van der Waals surface area contributed by atoms with Crippen LogP contribution in [-0.2, 0) is 12.8 Å². The Morgan fingerprint density at radius 3 is 3.00 bits per heavy atom. The maximum absolute atomic E-state index is 5.88. The van der Waals surface area contributed by atoms with E-state index in [1.54, 1.807) is 0 Å². The van der Waals surface area contributed by atoms with Crippen molar-refractivity contribution in [1.82, 2.24) is 5.32 Å². The lowest BCUT2D eigenvalue weighted by Crippen LogP contribution is -2.10. The van der Waals surface area contributed by atoms with Crippen molar-refractivity contribution >= 4 is 0 Å². The van der Waals surface area contributed by atoms with E-state index in [0.717, 1.165) is 44.9 Å². The van der Waals surface area contributed by atoms with Gasteiger partial charge in [-0.2, -0.15) is 0 Å². The van der Waals surface area contributed by atoms with Gasteiger partial charge in [0.1, 0.15) is 11.5 Å². The van der Waals surface area contributed by atoms with Crippen LogP contribution >= 0.6 is 0 Å². The van der Waals surface area contributed by atoms with E-state index in [-0.39, 0.29) is 0 Å². The lowest BCUT2D eigenvalue weighted by molar-refractivity contribution is 0.351. The molecule has 0 aliphatic carbocycles. The smallest absolute Gasteiger partial charge is 0.126 e. The van der Waals surface area contributed by atoms with Crippen LogP contribution in [0.2, 0.25) is 0 Å². The molecule has 1 N–H and O–H groups in total. The highest BCUT2D eigenvalue weighted by Gasteiger charge is 2.31. The minimum Gasteiger partial charge on any atom is -0.493 e. The van der Waals surface area contributed by atoms with Crippen LogP contribution in [0.3, 0.4) is 0 Å². The number of nitrogens with one attached hydrogen (secondary N) is 1. The molecule has 1 aromatic rings. The highest BCUT2D eigenvalue weighted by Crippen LogP contribution is 2.45. The number of rotatable bonds is 1. The molecule has 3 nitrogen and oxygen atoms in total. The number of benzene rings is 1. The molecular weight excluding hydrogens is 214 g/mol. The Kier molecular flexibility index (Phi) is 2.09. The molecule has 17 heavy (non-hydrogen) atoms. The molecule has 4 rings (SSSR count). The fourth-order valence-electron chi connectivity index (χ4n) is 3.36. The monoisotopic (exact) mass is 231 g/mol. The summed E-state index contributed by atoms with van der Waals surface area (Å²) in [5.74, 6) is 2.93. The molecule has 0 bridgehead atoms. The first-order valence-corrected chi connectivity index (χ1v) is 6.58. The third-order valence-corrected chi connectivity index (χ3v) is 4.16. The van der Waals surface area contributed by atoms with Gasteiger partial charge in [-0.25, -0.2) is 0 Å². The number of hydrogen-bond donors (Lipinski definition) is 1. The molecule has 3 heteroatoms. The zero-order valence-corrected chi connectivity index (χ0v) is 9.92. The van der Waals surface area contributed by atoms with Crippen molar-refractivity contribution in [3.8, 4) is 11.5 Å². The molecule has 0 saturated carbocycles. The number of hydrogen-bond acceptors (Lipinski definition) is 3. The highest BCUT2D eigenvalue weighted by molar-refractivity contribution is 5.58. The topological polar surface area (TPSA) is 30.5 Å². The molecule has 1 unspecified atom stereocenters. The summed E-state index contributed by atoms with van der Waals surface area (Å²) in [5, 5.41) is 3.46. The van der Waals surface area contributed by atoms with E-state index in [2.05, 4.69) is 11.4 Å². The molecule has 0 amide bonds. The van der Waals surface area contributed by atoms with Crippen molar-refractivity contribution < 1.29 is 9.47 Å². The first-order chi connectivity index (χ1) is 8.43. The van der Waals surface area contributed by atoms with Gasteiger partial charge in [-0.05, 0) is 19.0 Å². The van der Waals surface area contributed by atoms with Gasteiger partial charge in [0.25, 0.3) is 0 Å². The minimum atomic E-state index is 0.624. The largest absolute Gasteiger partial charge is 0.493 e. The van der Waals surface area contributed by atoms with Crippen LogP contribution < -0.4 is 14.8 Å². The van der Waals surface area contributed by atoms with Gasteiger partial charge in [-0.1, -0.05) is 0 Å². The van der Waals surface area contributed by atoms with Crippen LogP contribution in [0.4, 0.5) is 0 Å². The average molecular weight is 231 g/mol. The minimum absolute atomic E-state index is 0.624. The summed E-state index contributed by atoms with van der Waals surface area (Å²) in [6.07, 6.45) is 3.32. The summed E-state index contributed by atoms with van der Waals surface area (Å²) < 4.78 is 11.6. The number of ether oxygens (including phenoxy) is 2. The summed E-state index contributed by atoms with van der Waals surface area (Å²) >= 11 is 0. The summed E-state index contributed by atoms with van der Waals surface area (Å²) in [7, 11) is 0. The highest BCUT2D eigenvalue weighted by atomic mass is 16.5. The molecule has 1 atom stereocenters. The average Bonchev–Trinajstić information content (AvgIpc) is 3.06. The van der Waals surface area contributed by atoms with E-state index in [4.69, 9.17) is 9.47 Å². The standard InChI is InChI=1S/C14H17NO2/c1-4-15-8-10(1)13-11-3-6-16-12(11)7-9-2-5-17-14(9)13/h7,10,15H,1-6,8H2. The first kappa shape index (κ1) is 9.77. The lowest BCUT2D eigenvalue weighted by Gasteiger charge is -2.17. The van der Waals surface area contributed by atoms with Crippen LogP contribution in [0.1, 0.15) is 29.0 Å². The fourth-order valence-corrected chi connectivity index (χ4v) is 3.36. The lowest BCUT2D eigenvalue weighted by atomic mass is 9.89. The summed E-state index contributed by atoms with van der Waals surface area (Å²) in [6, 6.07) is 2.20. The molecular formula is C14H17NO2. The van der Waals surface area contributed by atoms with Crippen LogP contribution in [0.15, 0.2) is 6.07 Å². The summed E-state index contributed by atoms with van der Waals surface area (Å²) in [6.45, 7) is 3.90. The van der Waals surface area contributed by atoms with E-state index in [1.807, 2.05) is 0 Å². The van der Waals surface area contributed by atoms with Gasteiger partial charge in [-0.15, -0.1) is 0 Å². The van der Waals surface area contributed by atoms with Crippen molar-refractivity contribution in [1.29, 1.82) is 0 Å². The van der Waals surface area contributed by atoms with E-state index < -0.39 is 0 Å². The van der Waals surface area contributed by atoms with Gasteiger partial charge >= 0.3 is 0 Å². The van der Waals surface area contributed by atoms with E-state index in [0.29, 0.717) is 5.92 Å². The predicted molar refractivity (Wildman–Crippen MR) is 65.1 cm³/mol. The van der Waals surface area contributed by atoms with Crippen LogP contribution in [0.25, 0.3) is 0 Å². The van der Waals surface area contributed by atoms with Crippen LogP contribution in [-0.4, -0.2) is 26.3 Å². The zero-order chi connectivity index (χ0) is 11.2. The molecule has 3 aliphatic rings. The Morgan fingerprint density at radius 1 is 1.18 bits per heavy atom. The van der Waals surface area contributed by atoms with E-state index >= 15 is 0 Å². The summed E-state index contributed by atoms with van der Waals surface area (Å²) in [5.41, 5.74) is 4.23.